The van der Waals surface area contributed by atoms with Gasteiger partial charge < -0.3 is 0 Å². The quantitative estimate of drug-likeness (QED) is 0.692. The Morgan fingerprint density at radius 3 is 2.43 bits per heavy atom. The second kappa shape index (κ2) is 6.71. The molecule has 106 valence electrons. The molecule has 0 aliphatic carbocycles. The summed E-state index contributed by atoms with van der Waals surface area (Å²) in [5.41, 5.74) is 3.94. The van der Waals surface area contributed by atoms with Crippen molar-refractivity contribution < 1.29 is 0 Å². The smallest absolute Gasteiger partial charge is 0.0991 e. The zero-order valence-electron chi connectivity index (χ0n) is 12.7. The van der Waals surface area contributed by atoms with Gasteiger partial charge >= 0.3 is 0 Å². The summed E-state index contributed by atoms with van der Waals surface area (Å²) in [5.74, 6) is 0. The van der Waals surface area contributed by atoms with E-state index in [0.717, 1.165) is 23.0 Å². The van der Waals surface area contributed by atoms with Crippen LogP contribution in [0.3, 0.4) is 0 Å². The zero-order chi connectivity index (χ0) is 15.2. The highest BCUT2D eigenvalue weighted by Crippen LogP contribution is 2.20. The topological polar surface area (TPSA) is 41.6 Å². The molecule has 0 aliphatic heterocycles. The maximum absolute atomic E-state index is 8.81. The molecule has 3 rings (SSSR count). The lowest BCUT2D eigenvalue weighted by molar-refractivity contribution is 0.892. The van der Waals surface area contributed by atoms with Crippen molar-refractivity contribution >= 4 is 10.9 Å². The molecule has 0 saturated carbocycles. The third-order valence-electron chi connectivity index (χ3n) is 3.26. The van der Waals surface area contributed by atoms with Crippen LogP contribution in [0.15, 0.2) is 48.7 Å². The van der Waals surface area contributed by atoms with Gasteiger partial charge in [-0.05, 0) is 36.2 Å². The number of benzene rings is 2. The summed E-state index contributed by atoms with van der Waals surface area (Å²) >= 11 is 0. The van der Waals surface area contributed by atoms with E-state index in [4.69, 9.17) is 5.26 Å². The van der Waals surface area contributed by atoms with E-state index in [1.807, 2.05) is 49.0 Å². The Hall–Kier alpha value is -2.60. The first kappa shape index (κ1) is 14.8. The summed E-state index contributed by atoms with van der Waals surface area (Å²) in [7, 11) is 0. The van der Waals surface area contributed by atoms with Gasteiger partial charge in [-0.25, -0.2) is 4.68 Å². The average molecular weight is 277 g/mol. The molecule has 3 nitrogen and oxygen atoms in total. The molecule has 0 unspecified atom stereocenters. The van der Waals surface area contributed by atoms with Crippen LogP contribution < -0.4 is 0 Å². The van der Waals surface area contributed by atoms with Gasteiger partial charge in [0.15, 0.2) is 0 Å². The van der Waals surface area contributed by atoms with Crippen LogP contribution in [-0.2, 0) is 6.42 Å². The lowest BCUT2D eigenvalue weighted by Gasteiger charge is -2.00. The van der Waals surface area contributed by atoms with Gasteiger partial charge in [0, 0.05) is 11.6 Å². The number of nitrogens with zero attached hydrogens (tertiary/aromatic N) is 3. The number of nitriles is 1. The molecule has 0 N–H and O–H groups in total. The van der Waals surface area contributed by atoms with Crippen LogP contribution in [0.4, 0.5) is 0 Å². The van der Waals surface area contributed by atoms with E-state index in [9.17, 15) is 0 Å². The average Bonchev–Trinajstić information content (AvgIpc) is 3.01. The summed E-state index contributed by atoms with van der Waals surface area (Å²) in [5, 5.41) is 14.6. The van der Waals surface area contributed by atoms with Crippen molar-refractivity contribution in [2.75, 3.05) is 0 Å². The summed E-state index contributed by atoms with van der Waals surface area (Å²) in [4.78, 5) is 0. The second-order valence-electron chi connectivity index (χ2n) is 4.44. The van der Waals surface area contributed by atoms with Crippen molar-refractivity contribution in [3.8, 4) is 11.8 Å². The van der Waals surface area contributed by atoms with E-state index < -0.39 is 0 Å². The van der Waals surface area contributed by atoms with Gasteiger partial charge in [-0.1, -0.05) is 39.0 Å². The molecule has 1 heterocycles. The Bertz CT molecular complexity index is 761. The minimum atomic E-state index is 0.662. The van der Waals surface area contributed by atoms with Gasteiger partial charge in [-0.3, -0.25) is 0 Å². The monoisotopic (exact) mass is 277 g/mol. The molecular formula is C18H19N3. The Morgan fingerprint density at radius 1 is 1.10 bits per heavy atom. The van der Waals surface area contributed by atoms with Gasteiger partial charge in [0.1, 0.15) is 0 Å². The molecule has 0 spiro atoms. The van der Waals surface area contributed by atoms with Gasteiger partial charge in [0.25, 0.3) is 0 Å². The normalized spacial score (nSPS) is 9.81. The summed E-state index contributed by atoms with van der Waals surface area (Å²) in [6.07, 6.45) is 3.00. The minimum absolute atomic E-state index is 0.662. The van der Waals surface area contributed by atoms with Gasteiger partial charge in [-0.15, -0.1) is 0 Å². The van der Waals surface area contributed by atoms with Crippen molar-refractivity contribution in [2.24, 2.45) is 0 Å². The molecule has 0 aliphatic rings. The summed E-state index contributed by atoms with van der Waals surface area (Å²) < 4.78 is 1.87. The lowest BCUT2D eigenvalue weighted by Crippen LogP contribution is -1.94. The highest BCUT2D eigenvalue weighted by atomic mass is 15.3. The fourth-order valence-corrected chi connectivity index (χ4v) is 2.21. The molecule has 1 aromatic heterocycles. The number of fused-ring (bicyclic) bond motifs is 1. The van der Waals surface area contributed by atoms with Crippen LogP contribution in [-0.4, -0.2) is 9.78 Å². The number of aryl methyl sites for hydroxylation is 1. The maximum Gasteiger partial charge on any atom is 0.0991 e. The van der Waals surface area contributed by atoms with Crippen LogP contribution in [0.2, 0.25) is 0 Å². The van der Waals surface area contributed by atoms with Gasteiger partial charge in [-0.2, -0.15) is 10.4 Å². The molecule has 0 atom stereocenters. The maximum atomic E-state index is 8.81. The molecule has 21 heavy (non-hydrogen) atoms. The van der Waals surface area contributed by atoms with Gasteiger partial charge in [0.2, 0.25) is 0 Å². The first-order valence-corrected chi connectivity index (χ1v) is 7.29. The number of hydrogen-bond donors (Lipinski definition) is 0. The number of hydrogen-bond acceptors (Lipinski definition) is 2. The molecule has 0 fully saturated rings. The van der Waals surface area contributed by atoms with Gasteiger partial charge in [0.05, 0.1) is 22.8 Å². The molecule has 0 saturated heterocycles. The Kier molecular flexibility index (Phi) is 4.73. The summed E-state index contributed by atoms with van der Waals surface area (Å²) in [6.45, 7) is 6.13. The van der Waals surface area contributed by atoms with E-state index >= 15 is 0 Å². The van der Waals surface area contributed by atoms with E-state index in [2.05, 4.69) is 36.3 Å². The highest BCUT2D eigenvalue weighted by Gasteiger charge is 2.05. The Labute approximate surface area is 125 Å². The molecule has 2 aromatic carbocycles. The van der Waals surface area contributed by atoms with Crippen LogP contribution in [0.1, 0.15) is 31.9 Å². The third-order valence-corrected chi connectivity index (χ3v) is 3.26. The first-order valence-electron chi connectivity index (χ1n) is 7.29. The summed E-state index contributed by atoms with van der Waals surface area (Å²) in [6, 6.07) is 15.8. The van der Waals surface area contributed by atoms with Crippen LogP contribution >= 0.6 is 0 Å². The fourth-order valence-electron chi connectivity index (χ4n) is 2.21. The van der Waals surface area contributed by atoms with E-state index in [1.165, 1.54) is 5.56 Å². The van der Waals surface area contributed by atoms with E-state index in [1.54, 1.807) is 0 Å². The predicted molar refractivity (Wildman–Crippen MR) is 86.5 cm³/mol. The van der Waals surface area contributed by atoms with Crippen molar-refractivity contribution in [1.82, 2.24) is 9.78 Å². The number of rotatable bonds is 2. The Morgan fingerprint density at radius 2 is 1.81 bits per heavy atom. The molecule has 3 aromatic rings. The SMILES string of the molecule is CC.CCc1cccc2cn(-c3ccc(C#N)cc3)nc12. The minimum Gasteiger partial charge on any atom is -0.240 e. The lowest BCUT2D eigenvalue weighted by atomic mass is 10.1. The molecule has 3 heteroatoms. The highest BCUT2D eigenvalue weighted by molar-refractivity contribution is 5.81. The Balaban J connectivity index is 0.000000774. The fraction of sp³-hybridized carbons (Fsp3) is 0.222. The van der Waals surface area contributed by atoms with Crippen molar-refractivity contribution in [2.45, 2.75) is 27.2 Å². The van der Waals surface area contributed by atoms with Crippen molar-refractivity contribution in [3.63, 3.8) is 0 Å². The van der Waals surface area contributed by atoms with Crippen LogP contribution in [0.5, 0.6) is 0 Å². The standard InChI is InChI=1S/C16H13N3.C2H6/c1-2-13-4-3-5-14-11-19(18-16(13)14)15-8-6-12(10-17)7-9-15;1-2/h3-9,11H,2H2,1H3;1-2H3. The third kappa shape index (κ3) is 2.95. The van der Waals surface area contributed by atoms with E-state index in [0.29, 0.717) is 5.56 Å². The van der Waals surface area contributed by atoms with Crippen molar-refractivity contribution in [3.05, 3.63) is 59.8 Å². The molecule has 0 radical (unpaired) electrons. The first-order chi connectivity index (χ1) is 10.3. The predicted octanol–water partition coefficient (Wildman–Crippen LogP) is 4.49. The number of aromatic nitrogens is 2. The largest absolute Gasteiger partial charge is 0.240 e. The van der Waals surface area contributed by atoms with Crippen LogP contribution in [0, 0.1) is 11.3 Å². The van der Waals surface area contributed by atoms with Crippen LogP contribution in [0.25, 0.3) is 16.6 Å². The second-order valence-corrected chi connectivity index (χ2v) is 4.44. The zero-order valence-corrected chi connectivity index (χ0v) is 12.7. The molecular weight excluding hydrogens is 258 g/mol. The molecule has 0 bridgehead atoms. The molecule has 0 amide bonds. The van der Waals surface area contributed by atoms with Crippen molar-refractivity contribution in [1.29, 1.82) is 5.26 Å². The van der Waals surface area contributed by atoms with E-state index in [-0.39, 0.29) is 0 Å².